The van der Waals surface area contributed by atoms with Crippen LogP contribution in [-0.2, 0) is 15.8 Å². The third-order valence-electron chi connectivity index (χ3n) is 1.67. The number of hydrogen-bond acceptors (Lipinski definition) is 2. The molecule has 3 nitrogen and oxygen atoms in total. The molecule has 0 spiro atoms. The Balaban J connectivity index is 2.84. The molecule has 0 aromatic heterocycles. The van der Waals surface area contributed by atoms with Gasteiger partial charge in [-0.25, -0.2) is 13.1 Å². The summed E-state index contributed by atoms with van der Waals surface area (Å²) in [6.45, 7) is 2.14. The number of halogens is 1. The molecule has 0 aliphatic rings. The van der Waals surface area contributed by atoms with Crippen LogP contribution in [0.2, 0.25) is 5.02 Å². The molecule has 1 aromatic rings. The minimum atomic E-state index is -3.24. The molecule has 0 bridgehead atoms. The lowest BCUT2D eigenvalue weighted by Crippen LogP contribution is -2.24. The average Bonchev–Trinajstić information content (AvgIpc) is 2.08. The van der Waals surface area contributed by atoms with Gasteiger partial charge in [0.15, 0.2) is 0 Å². The van der Waals surface area contributed by atoms with E-state index >= 15 is 0 Å². The Morgan fingerprint density at radius 2 is 2.00 bits per heavy atom. The van der Waals surface area contributed by atoms with E-state index in [0.717, 1.165) is 0 Å². The smallest absolute Gasteiger partial charge is 0.215 e. The lowest BCUT2D eigenvalue weighted by Gasteiger charge is -2.05. The van der Waals surface area contributed by atoms with Crippen molar-refractivity contribution < 1.29 is 8.42 Å². The third-order valence-corrected chi connectivity index (χ3v) is 3.46. The molecular weight excluding hydrogens is 222 g/mol. The molecule has 0 radical (unpaired) electrons. The average molecular weight is 234 g/mol. The summed E-state index contributed by atoms with van der Waals surface area (Å²) >= 11 is 5.84. The first kappa shape index (κ1) is 11.5. The fourth-order valence-electron chi connectivity index (χ4n) is 1.09. The molecule has 0 atom stereocenters. The van der Waals surface area contributed by atoms with E-state index in [1.165, 1.54) is 0 Å². The highest BCUT2D eigenvalue weighted by Crippen LogP contribution is 2.16. The molecule has 5 heteroatoms. The van der Waals surface area contributed by atoms with Gasteiger partial charge in [-0.15, -0.1) is 0 Å². The standard InChI is InChI=1S/C9H12ClNO2S/c1-2-11-14(12,13)7-8-5-3-4-6-9(8)10/h3-6,11H,2,7H2,1H3. The second kappa shape index (κ2) is 4.77. The first-order valence-electron chi connectivity index (χ1n) is 4.26. The van der Waals surface area contributed by atoms with Crippen molar-refractivity contribution in [1.82, 2.24) is 4.72 Å². The van der Waals surface area contributed by atoms with Crippen LogP contribution in [-0.4, -0.2) is 15.0 Å². The number of benzene rings is 1. The first-order chi connectivity index (χ1) is 6.55. The van der Waals surface area contributed by atoms with Gasteiger partial charge in [-0.1, -0.05) is 36.7 Å². The van der Waals surface area contributed by atoms with Crippen molar-refractivity contribution >= 4 is 21.6 Å². The lowest BCUT2D eigenvalue weighted by molar-refractivity contribution is 0.583. The summed E-state index contributed by atoms with van der Waals surface area (Å²) in [5.41, 5.74) is 0.620. The molecule has 1 aromatic carbocycles. The van der Waals surface area contributed by atoms with E-state index < -0.39 is 10.0 Å². The van der Waals surface area contributed by atoms with Crippen LogP contribution in [0.15, 0.2) is 24.3 Å². The zero-order chi connectivity index (χ0) is 10.6. The van der Waals surface area contributed by atoms with E-state index in [1.54, 1.807) is 31.2 Å². The maximum atomic E-state index is 11.4. The Morgan fingerprint density at radius 3 is 2.57 bits per heavy atom. The van der Waals surface area contributed by atoms with Gasteiger partial charge in [-0.3, -0.25) is 0 Å². The number of nitrogens with one attached hydrogen (secondary N) is 1. The highest BCUT2D eigenvalue weighted by Gasteiger charge is 2.11. The zero-order valence-corrected chi connectivity index (χ0v) is 9.40. The van der Waals surface area contributed by atoms with Gasteiger partial charge < -0.3 is 0 Å². The highest BCUT2D eigenvalue weighted by molar-refractivity contribution is 7.88. The van der Waals surface area contributed by atoms with E-state index in [-0.39, 0.29) is 5.75 Å². The summed E-state index contributed by atoms with van der Waals surface area (Å²) in [5.74, 6) is -0.0689. The fourth-order valence-corrected chi connectivity index (χ4v) is 2.58. The molecule has 0 aliphatic carbocycles. The summed E-state index contributed by atoms with van der Waals surface area (Å²) < 4.78 is 25.2. The fraction of sp³-hybridized carbons (Fsp3) is 0.333. The van der Waals surface area contributed by atoms with Crippen LogP contribution in [0.4, 0.5) is 0 Å². The minimum Gasteiger partial charge on any atom is -0.215 e. The monoisotopic (exact) mass is 233 g/mol. The second-order valence-electron chi connectivity index (χ2n) is 2.85. The minimum absolute atomic E-state index is 0.0689. The van der Waals surface area contributed by atoms with Crippen LogP contribution in [0.1, 0.15) is 12.5 Å². The first-order valence-corrected chi connectivity index (χ1v) is 6.29. The van der Waals surface area contributed by atoms with E-state index in [9.17, 15) is 8.42 Å². The summed E-state index contributed by atoms with van der Waals surface area (Å²) in [6, 6.07) is 6.92. The van der Waals surface area contributed by atoms with E-state index in [0.29, 0.717) is 17.1 Å². The van der Waals surface area contributed by atoms with Crippen molar-refractivity contribution in [2.24, 2.45) is 0 Å². The molecule has 1 rings (SSSR count). The molecule has 0 fully saturated rings. The van der Waals surface area contributed by atoms with Crippen LogP contribution >= 0.6 is 11.6 Å². The van der Waals surface area contributed by atoms with Crippen molar-refractivity contribution in [2.75, 3.05) is 6.54 Å². The second-order valence-corrected chi connectivity index (χ2v) is 5.06. The SMILES string of the molecule is CCNS(=O)(=O)Cc1ccccc1Cl. The predicted octanol–water partition coefficient (Wildman–Crippen LogP) is 1.78. The Bertz CT molecular complexity index is 403. The van der Waals surface area contributed by atoms with E-state index in [4.69, 9.17) is 11.6 Å². The van der Waals surface area contributed by atoms with Gasteiger partial charge >= 0.3 is 0 Å². The van der Waals surface area contributed by atoms with Gasteiger partial charge in [0.25, 0.3) is 0 Å². The Morgan fingerprint density at radius 1 is 1.36 bits per heavy atom. The molecule has 78 valence electrons. The zero-order valence-electron chi connectivity index (χ0n) is 7.83. The van der Waals surface area contributed by atoms with Crippen molar-refractivity contribution in [3.8, 4) is 0 Å². The van der Waals surface area contributed by atoms with Crippen molar-refractivity contribution in [3.05, 3.63) is 34.9 Å². The quantitative estimate of drug-likeness (QED) is 0.862. The van der Waals surface area contributed by atoms with Crippen LogP contribution in [0.3, 0.4) is 0 Å². The highest BCUT2D eigenvalue weighted by atomic mass is 35.5. The van der Waals surface area contributed by atoms with Gasteiger partial charge in [0, 0.05) is 11.6 Å². The normalized spacial score (nSPS) is 11.6. The van der Waals surface area contributed by atoms with Gasteiger partial charge in [0.1, 0.15) is 0 Å². The van der Waals surface area contributed by atoms with Gasteiger partial charge in [-0.05, 0) is 11.6 Å². The van der Waals surface area contributed by atoms with E-state index in [2.05, 4.69) is 4.72 Å². The summed E-state index contributed by atoms with van der Waals surface area (Å²) in [5, 5.41) is 0.481. The number of rotatable bonds is 4. The van der Waals surface area contributed by atoms with Crippen LogP contribution < -0.4 is 4.72 Å². The molecule has 0 amide bonds. The predicted molar refractivity (Wildman–Crippen MR) is 57.8 cm³/mol. The molecule has 0 heterocycles. The van der Waals surface area contributed by atoms with Gasteiger partial charge in [0.2, 0.25) is 10.0 Å². The van der Waals surface area contributed by atoms with Crippen LogP contribution in [0.25, 0.3) is 0 Å². The van der Waals surface area contributed by atoms with Gasteiger partial charge in [0.05, 0.1) is 5.75 Å². The van der Waals surface area contributed by atoms with Crippen molar-refractivity contribution in [3.63, 3.8) is 0 Å². The molecule has 0 unspecified atom stereocenters. The lowest BCUT2D eigenvalue weighted by atomic mass is 10.2. The molecule has 14 heavy (non-hydrogen) atoms. The van der Waals surface area contributed by atoms with E-state index in [1.807, 2.05) is 0 Å². The maximum Gasteiger partial charge on any atom is 0.215 e. The Labute approximate surface area is 89.1 Å². The van der Waals surface area contributed by atoms with Crippen molar-refractivity contribution in [2.45, 2.75) is 12.7 Å². The van der Waals surface area contributed by atoms with Crippen LogP contribution in [0.5, 0.6) is 0 Å². The topological polar surface area (TPSA) is 46.2 Å². The summed E-state index contributed by atoms with van der Waals surface area (Å²) in [6.07, 6.45) is 0. The Kier molecular flexibility index (Phi) is 3.92. The molecule has 0 aliphatic heterocycles. The summed E-state index contributed by atoms with van der Waals surface area (Å²) in [7, 11) is -3.24. The van der Waals surface area contributed by atoms with Gasteiger partial charge in [-0.2, -0.15) is 0 Å². The molecular formula is C9H12ClNO2S. The number of sulfonamides is 1. The maximum absolute atomic E-state index is 11.4. The summed E-state index contributed by atoms with van der Waals surface area (Å²) in [4.78, 5) is 0. The Hall–Kier alpha value is -0.580. The third kappa shape index (κ3) is 3.29. The number of hydrogen-bond donors (Lipinski definition) is 1. The molecule has 1 N–H and O–H groups in total. The molecule has 0 saturated heterocycles. The van der Waals surface area contributed by atoms with Crippen LogP contribution in [0, 0.1) is 0 Å². The molecule has 0 saturated carbocycles. The largest absolute Gasteiger partial charge is 0.215 e. The van der Waals surface area contributed by atoms with Crippen molar-refractivity contribution in [1.29, 1.82) is 0 Å².